The van der Waals surface area contributed by atoms with Crippen molar-refractivity contribution >= 4 is 15.9 Å². The summed E-state index contributed by atoms with van der Waals surface area (Å²) in [5, 5.41) is 7.35. The number of halogens is 1. The Bertz CT molecular complexity index is 568. The highest BCUT2D eigenvalue weighted by Crippen LogP contribution is 2.29. The van der Waals surface area contributed by atoms with Crippen LogP contribution in [0.1, 0.15) is 31.3 Å². The van der Waals surface area contributed by atoms with Crippen LogP contribution >= 0.6 is 15.9 Å². The van der Waals surface area contributed by atoms with Gasteiger partial charge in [0.15, 0.2) is 5.82 Å². The van der Waals surface area contributed by atoms with Crippen molar-refractivity contribution in [2.45, 2.75) is 33.0 Å². The Morgan fingerprint density at radius 3 is 2.90 bits per heavy atom. The number of nitrogens with one attached hydrogen (secondary N) is 1. The first-order valence-electron chi connectivity index (χ1n) is 6.56. The standard InChI is InChI=1S/C14H19BrN4O/c1-10(2)19-13(17-9-18-19)8-20-14-11(7-16-3)5-4-6-12(14)15/h4-6,9-10,16H,7-8H2,1-3H3. The normalized spacial score (nSPS) is 11.1. The fourth-order valence-corrected chi connectivity index (χ4v) is 2.51. The van der Waals surface area contributed by atoms with E-state index in [1.807, 2.05) is 29.9 Å². The molecule has 0 spiro atoms. The first kappa shape index (κ1) is 15.0. The zero-order chi connectivity index (χ0) is 14.5. The molecule has 0 saturated heterocycles. The van der Waals surface area contributed by atoms with Crippen molar-refractivity contribution in [3.63, 3.8) is 0 Å². The fourth-order valence-electron chi connectivity index (χ4n) is 1.99. The molecule has 0 saturated carbocycles. The lowest BCUT2D eigenvalue weighted by molar-refractivity contribution is 0.277. The first-order chi connectivity index (χ1) is 9.63. The van der Waals surface area contributed by atoms with Gasteiger partial charge in [-0.25, -0.2) is 9.67 Å². The number of aromatic nitrogens is 3. The van der Waals surface area contributed by atoms with Crippen LogP contribution in [0.3, 0.4) is 0 Å². The Labute approximate surface area is 127 Å². The summed E-state index contributed by atoms with van der Waals surface area (Å²) in [4.78, 5) is 4.25. The maximum atomic E-state index is 5.95. The number of ether oxygens (including phenoxy) is 1. The summed E-state index contributed by atoms with van der Waals surface area (Å²) in [5.41, 5.74) is 1.11. The van der Waals surface area contributed by atoms with Gasteiger partial charge in [0, 0.05) is 18.2 Å². The Balaban J connectivity index is 2.16. The number of nitrogens with zero attached hydrogens (tertiary/aromatic N) is 3. The fraction of sp³-hybridized carbons (Fsp3) is 0.429. The van der Waals surface area contributed by atoms with Gasteiger partial charge in [0.2, 0.25) is 0 Å². The Kier molecular flexibility index (Phi) is 5.14. The van der Waals surface area contributed by atoms with Crippen LogP contribution in [0.15, 0.2) is 29.0 Å². The van der Waals surface area contributed by atoms with Crippen LogP contribution in [0.2, 0.25) is 0 Å². The topological polar surface area (TPSA) is 52.0 Å². The van der Waals surface area contributed by atoms with Crippen LogP contribution in [0.5, 0.6) is 5.75 Å². The predicted molar refractivity (Wildman–Crippen MR) is 81.6 cm³/mol. The van der Waals surface area contributed by atoms with Gasteiger partial charge in [-0.05, 0) is 42.9 Å². The summed E-state index contributed by atoms with van der Waals surface area (Å²) in [6.45, 7) is 5.30. The molecule has 20 heavy (non-hydrogen) atoms. The highest BCUT2D eigenvalue weighted by molar-refractivity contribution is 9.10. The van der Waals surface area contributed by atoms with E-state index in [4.69, 9.17) is 4.74 Å². The summed E-state index contributed by atoms with van der Waals surface area (Å²) in [7, 11) is 1.92. The molecule has 2 aromatic rings. The van der Waals surface area contributed by atoms with Crippen molar-refractivity contribution in [1.82, 2.24) is 20.1 Å². The zero-order valence-corrected chi connectivity index (χ0v) is 13.5. The van der Waals surface area contributed by atoms with E-state index in [1.54, 1.807) is 6.33 Å². The van der Waals surface area contributed by atoms with Crippen molar-refractivity contribution < 1.29 is 4.74 Å². The highest BCUT2D eigenvalue weighted by Gasteiger charge is 2.12. The number of benzene rings is 1. The Morgan fingerprint density at radius 2 is 2.20 bits per heavy atom. The molecular formula is C14H19BrN4O. The van der Waals surface area contributed by atoms with E-state index >= 15 is 0 Å². The minimum absolute atomic E-state index is 0.270. The molecule has 0 amide bonds. The molecule has 2 rings (SSSR count). The van der Waals surface area contributed by atoms with E-state index in [-0.39, 0.29) is 6.04 Å². The first-order valence-corrected chi connectivity index (χ1v) is 7.36. The van der Waals surface area contributed by atoms with E-state index in [0.717, 1.165) is 28.2 Å². The van der Waals surface area contributed by atoms with E-state index in [0.29, 0.717) is 6.61 Å². The molecule has 1 aromatic heterocycles. The average Bonchev–Trinajstić information content (AvgIpc) is 2.87. The zero-order valence-electron chi connectivity index (χ0n) is 11.9. The van der Waals surface area contributed by atoms with E-state index in [2.05, 4.69) is 45.2 Å². The third-order valence-electron chi connectivity index (χ3n) is 2.90. The van der Waals surface area contributed by atoms with Crippen molar-refractivity contribution in [1.29, 1.82) is 0 Å². The summed E-state index contributed by atoms with van der Waals surface area (Å²) in [5.74, 6) is 1.67. The lowest BCUT2D eigenvalue weighted by Crippen LogP contribution is -2.12. The SMILES string of the molecule is CNCc1cccc(Br)c1OCc1ncnn1C(C)C. The maximum Gasteiger partial charge on any atom is 0.165 e. The molecule has 0 fully saturated rings. The smallest absolute Gasteiger partial charge is 0.165 e. The average molecular weight is 339 g/mol. The second kappa shape index (κ2) is 6.85. The van der Waals surface area contributed by atoms with Gasteiger partial charge in [-0.2, -0.15) is 5.10 Å². The summed E-state index contributed by atoms with van der Waals surface area (Å²) in [6.07, 6.45) is 1.56. The molecule has 6 heteroatoms. The number of hydrogen-bond acceptors (Lipinski definition) is 4. The Morgan fingerprint density at radius 1 is 1.40 bits per heavy atom. The van der Waals surface area contributed by atoms with Gasteiger partial charge in [0.25, 0.3) is 0 Å². The van der Waals surface area contributed by atoms with Gasteiger partial charge in [0.1, 0.15) is 18.7 Å². The highest BCUT2D eigenvalue weighted by atomic mass is 79.9. The quantitative estimate of drug-likeness (QED) is 0.879. The van der Waals surface area contributed by atoms with Gasteiger partial charge < -0.3 is 10.1 Å². The van der Waals surface area contributed by atoms with Crippen LogP contribution in [0.25, 0.3) is 0 Å². The lowest BCUT2D eigenvalue weighted by atomic mass is 10.2. The molecule has 1 N–H and O–H groups in total. The molecule has 0 bridgehead atoms. The molecule has 0 atom stereocenters. The third-order valence-corrected chi connectivity index (χ3v) is 3.52. The van der Waals surface area contributed by atoms with E-state index < -0.39 is 0 Å². The molecule has 0 aliphatic rings. The number of rotatable bonds is 6. The van der Waals surface area contributed by atoms with Crippen molar-refractivity contribution in [3.8, 4) is 5.75 Å². The van der Waals surface area contributed by atoms with Gasteiger partial charge in [0.05, 0.1) is 4.47 Å². The van der Waals surface area contributed by atoms with Crippen LogP contribution in [-0.4, -0.2) is 21.8 Å². The van der Waals surface area contributed by atoms with Crippen molar-refractivity contribution in [2.75, 3.05) is 7.05 Å². The summed E-state index contributed by atoms with van der Waals surface area (Å²) < 4.78 is 8.76. The third kappa shape index (κ3) is 3.37. The molecule has 0 radical (unpaired) electrons. The predicted octanol–water partition coefficient (Wildman–Crippen LogP) is 2.92. The molecule has 5 nitrogen and oxygen atoms in total. The summed E-state index contributed by atoms with van der Waals surface area (Å²) >= 11 is 3.53. The monoisotopic (exact) mass is 338 g/mol. The molecule has 0 aliphatic carbocycles. The number of hydrogen-bond donors (Lipinski definition) is 1. The van der Waals surface area contributed by atoms with Crippen molar-refractivity contribution in [2.24, 2.45) is 0 Å². The van der Waals surface area contributed by atoms with Gasteiger partial charge in [-0.3, -0.25) is 0 Å². The molecule has 0 aliphatic heterocycles. The Hall–Kier alpha value is -1.40. The van der Waals surface area contributed by atoms with E-state index in [1.165, 1.54) is 0 Å². The van der Waals surface area contributed by atoms with Gasteiger partial charge in [-0.15, -0.1) is 0 Å². The van der Waals surface area contributed by atoms with E-state index in [9.17, 15) is 0 Å². The summed E-state index contributed by atoms with van der Waals surface area (Å²) in [6, 6.07) is 6.29. The molecular weight excluding hydrogens is 320 g/mol. The van der Waals surface area contributed by atoms with Crippen LogP contribution in [0, 0.1) is 0 Å². The van der Waals surface area contributed by atoms with Crippen LogP contribution in [0.4, 0.5) is 0 Å². The molecule has 1 heterocycles. The van der Waals surface area contributed by atoms with Crippen LogP contribution < -0.4 is 10.1 Å². The minimum Gasteiger partial charge on any atom is -0.484 e. The minimum atomic E-state index is 0.270. The lowest BCUT2D eigenvalue weighted by Gasteiger charge is -2.14. The molecule has 0 unspecified atom stereocenters. The second-order valence-corrected chi connectivity index (χ2v) is 5.62. The van der Waals surface area contributed by atoms with Crippen molar-refractivity contribution in [3.05, 3.63) is 40.4 Å². The van der Waals surface area contributed by atoms with Gasteiger partial charge >= 0.3 is 0 Å². The van der Waals surface area contributed by atoms with Gasteiger partial charge in [-0.1, -0.05) is 12.1 Å². The van der Waals surface area contributed by atoms with Crippen LogP contribution in [-0.2, 0) is 13.2 Å². The molecule has 108 valence electrons. The maximum absolute atomic E-state index is 5.95. The number of para-hydroxylation sites is 1. The second-order valence-electron chi connectivity index (χ2n) is 4.76. The molecule has 1 aromatic carbocycles. The largest absolute Gasteiger partial charge is 0.484 e.